The van der Waals surface area contributed by atoms with Crippen LogP contribution in [0.5, 0.6) is 0 Å². The van der Waals surface area contributed by atoms with Crippen LogP contribution in [0.2, 0.25) is 10.0 Å². The fourth-order valence-corrected chi connectivity index (χ4v) is 2.50. The predicted octanol–water partition coefficient (Wildman–Crippen LogP) is 4.20. The minimum atomic E-state index is -1.07. The molecule has 0 spiro atoms. The number of fused-ring (bicyclic) bond motifs is 1. The Morgan fingerprint density at radius 3 is 2.45 bits per heavy atom. The van der Waals surface area contributed by atoms with Crippen LogP contribution in [0.4, 0.5) is 0 Å². The molecular formula is C16H9Cl2NO3. The van der Waals surface area contributed by atoms with Crippen molar-refractivity contribution < 1.29 is 9.90 Å². The van der Waals surface area contributed by atoms with E-state index >= 15 is 0 Å². The maximum atomic E-state index is 12.2. The first-order valence-corrected chi connectivity index (χ1v) is 7.07. The molecule has 3 aromatic rings. The van der Waals surface area contributed by atoms with Gasteiger partial charge in [0.05, 0.1) is 15.6 Å². The minimum absolute atomic E-state index is 0.0697. The number of carboxylic acids is 1. The predicted molar refractivity (Wildman–Crippen MR) is 87.0 cm³/mol. The van der Waals surface area contributed by atoms with Gasteiger partial charge in [-0.1, -0.05) is 29.3 Å². The monoisotopic (exact) mass is 333 g/mol. The summed E-state index contributed by atoms with van der Waals surface area (Å²) >= 11 is 11.9. The summed E-state index contributed by atoms with van der Waals surface area (Å²) in [6.45, 7) is 0. The average Bonchev–Trinajstić information content (AvgIpc) is 2.49. The summed E-state index contributed by atoms with van der Waals surface area (Å²) in [6.07, 6.45) is 0. The third kappa shape index (κ3) is 2.58. The van der Waals surface area contributed by atoms with Crippen molar-refractivity contribution in [2.45, 2.75) is 0 Å². The first-order valence-electron chi connectivity index (χ1n) is 6.31. The summed E-state index contributed by atoms with van der Waals surface area (Å²) < 4.78 is 0. The molecule has 0 fully saturated rings. The van der Waals surface area contributed by atoms with Crippen LogP contribution in [0, 0.1) is 0 Å². The van der Waals surface area contributed by atoms with E-state index in [0.29, 0.717) is 26.6 Å². The highest BCUT2D eigenvalue weighted by molar-refractivity contribution is 6.42. The molecule has 0 atom stereocenters. The third-order valence-corrected chi connectivity index (χ3v) is 4.05. The van der Waals surface area contributed by atoms with Crippen LogP contribution in [0.3, 0.4) is 0 Å². The van der Waals surface area contributed by atoms with Crippen LogP contribution < -0.4 is 5.43 Å². The molecule has 1 aromatic heterocycles. The number of aromatic amines is 1. The number of hydrogen-bond donors (Lipinski definition) is 2. The number of nitrogens with one attached hydrogen (secondary N) is 1. The summed E-state index contributed by atoms with van der Waals surface area (Å²) in [5, 5.41) is 10.1. The highest BCUT2D eigenvalue weighted by atomic mass is 35.5. The van der Waals surface area contributed by atoms with Gasteiger partial charge in [-0.3, -0.25) is 4.79 Å². The van der Waals surface area contributed by atoms with E-state index in [1.54, 1.807) is 24.3 Å². The molecule has 2 N–H and O–H groups in total. The Balaban J connectivity index is 2.21. The number of rotatable bonds is 2. The fourth-order valence-electron chi connectivity index (χ4n) is 2.20. The first-order chi connectivity index (χ1) is 10.5. The topological polar surface area (TPSA) is 70.2 Å². The van der Waals surface area contributed by atoms with Gasteiger partial charge in [0.2, 0.25) is 0 Å². The number of carboxylic acid groups (broad SMARTS) is 1. The summed E-state index contributed by atoms with van der Waals surface area (Å²) in [6, 6.07) is 10.8. The Bertz CT molecular complexity index is 963. The Kier molecular flexibility index (Phi) is 3.64. The molecule has 0 saturated carbocycles. The van der Waals surface area contributed by atoms with Gasteiger partial charge in [-0.25, -0.2) is 4.79 Å². The molecule has 4 nitrogen and oxygen atoms in total. The van der Waals surface area contributed by atoms with Gasteiger partial charge in [-0.15, -0.1) is 0 Å². The third-order valence-electron chi connectivity index (χ3n) is 3.31. The van der Waals surface area contributed by atoms with Crippen molar-refractivity contribution in [1.82, 2.24) is 4.98 Å². The van der Waals surface area contributed by atoms with Crippen molar-refractivity contribution >= 4 is 40.1 Å². The SMILES string of the molecule is O=C(O)c1ccc2[nH]c(-c3ccc(Cl)c(Cl)c3)cc(=O)c2c1. The molecule has 110 valence electrons. The van der Waals surface area contributed by atoms with E-state index in [1.807, 2.05) is 0 Å². The van der Waals surface area contributed by atoms with Crippen molar-refractivity contribution in [3.63, 3.8) is 0 Å². The summed E-state index contributed by atoms with van der Waals surface area (Å²) in [5.74, 6) is -1.07. The molecule has 2 aromatic carbocycles. The second-order valence-corrected chi connectivity index (χ2v) is 5.56. The van der Waals surface area contributed by atoms with E-state index in [1.165, 1.54) is 18.2 Å². The van der Waals surface area contributed by atoms with Crippen LogP contribution in [-0.4, -0.2) is 16.1 Å². The van der Waals surface area contributed by atoms with Crippen molar-refractivity contribution in [3.05, 3.63) is 68.3 Å². The maximum absolute atomic E-state index is 12.2. The van der Waals surface area contributed by atoms with Gasteiger partial charge in [0, 0.05) is 22.7 Å². The van der Waals surface area contributed by atoms with Crippen molar-refractivity contribution in [1.29, 1.82) is 0 Å². The Morgan fingerprint density at radius 2 is 1.77 bits per heavy atom. The highest BCUT2D eigenvalue weighted by Gasteiger charge is 2.09. The lowest BCUT2D eigenvalue weighted by molar-refractivity contribution is 0.0697. The second-order valence-electron chi connectivity index (χ2n) is 4.74. The van der Waals surface area contributed by atoms with Gasteiger partial charge in [0.25, 0.3) is 0 Å². The number of carbonyl (C=O) groups is 1. The van der Waals surface area contributed by atoms with Crippen LogP contribution in [-0.2, 0) is 0 Å². The van der Waals surface area contributed by atoms with Gasteiger partial charge in [-0.2, -0.15) is 0 Å². The Morgan fingerprint density at radius 1 is 1.00 bits per heavy atom. The Hall–Kier alpha value is -2.30. The van der Waals surface area contributed by atoms with E-state index in [2.05, 4.69) is 4.98 Å². The lowest BCUT2D eigenvalue weighted by Gasteiger charge is -2.06. The molecule has 22 heavy (non-hydrogen) atoms. The van der Waals surface area contributed by atoms with Crippen LogP contribution >= 0.6 is 23.2 Å². The smallest absolute Gasteiger partial charge is 0.335 e. The summed E-state index contributed by atoms with van der Waals surface area (Å²) in [5.41, 5.74) is 1.66. The minimum Gasteiger partial charge on any atom is -0.478 e. The number of benzene rings is 2. The van der Waals surface area contributed by atoms with E-state index in [-0.39, 0.29) is 11.0 Å². The van der Waals surface area contributed by atoms with Gasteiger partial charge < -0.3 is 10.1 Å². The molecule has 0 bridgehead atoms. The molecule has 0 aliphatic rings. The van der Waals surface area contributed by atoms with E-state index in [9.17, 15) is 9.59 Å². The number of aromatic nitrogens is 1. The van der Waals surface area contributed by atoms with Crippen LogP contribution in [0.1, 0.15) is 10.4 Å². The van der Waals surface area contributed by atoms with Crippen molar-refractivity contribution in [2.24, 2.45) is 0 Å². The zero-order valence-electron chi connectivity index (χ0n) is 11.1. The Labute approximate surface area is 134 Å². The molecule has 6 heteroatoms. The quantitative estimate of drug-likeness (QED) is 0.738. The van der Waals surface area contributed by atoms with E-state index < -0.39 is 5.97 Å². The van der Waals surface area contributed by atoms with Crippen LogP contribution in [0.15, 0.2) is 47.3 Å². The van der Waals surface area contributed by atoms with E-state index in [0.717, 1.165) is 5.56 Å². The van der Waals surface area contributed by atoms with Crippen molar-refractivity contribution in [3.8, 4) is 11.3 Å². The van der Waals surface area contributed by atoms with Gasteiger partial charge >= 0.3 is 5.97 Å². The van der Waals surface area contributed by atoms with E-state index in [4.69, 9.17) is 28.3 Å². The summed E-state index contributed by atoms with van der Waals surface area (Å²) in [7, 11) is 0. The average molecular weight is 334 g/mol. The molecule has 0 amide bonds. The van der Waals surface area contributed by atoms with Gasteiger partial charge in [0.1, 0.15) is 0 Å². The molecule has 1 heterocycles. The molecule has 0 aliphatic heterocycles. The number of pyridine rings is 1. The first kappa shape index (κ1) is 14.6. The highest BCUT2D eigenvalue weighted by Crippen LogP contribution is 2.27. The molecule has 3 rings (SSSR count). The second kappa shape index (κ2) is 5.48. The zero-order chi connectivity index (χ0) is 15.9. The number of H-pyrrole nitrogens is 1. The van der Waals surface area contributed by atoms with Gasteiger partial charge in [-0.05, 0) is 35.9 Å². The molecular weight excluding hydrogens is 325 g/mol. The molecule has 0 aliphatic carbocycles. The zero-order valence-corrected chi connectivity index (χ0v) is 12.6. The lowest BCUT2D eigenvalue weighted by Crippen LogP contribution is -2.05. The van der Waals surface area contributed by atoms with Crippen LogP contribution in [0.25, 0.3) is 22.2 Å². The normalized spacial score (nSPS) is 10.8. The fraction of sp³-hybridized carbons (Fsp3) is 0. The van der Waals surface area contributed by atoms with Crippen molar-refractivity contribution in [2.75, 3.05) is 0 Å². The maximum Gasteiger partial charge on any atom is 0.335 e. The molecule has 0 radical (unpaired) electrons. The molecule has 0 unspecified atom stereocenters. The number of aromatic carboxylic acids is 1. The summed E-state index contributed by atoms with van der Waals surface area (Å²) in [4.78, 5) is 26.3. The van der Waals surface area contributed by atoms with Gasteiger partial charge in [0.15, 0.2) is 5.43 Å². The standard InChI is InChI=1S/C16H9Cl2NO3/c17-11-3-1-8(6-12(11)18)14-7-15(20)10-5-9(16(21)22)2-4-13(10)19-14/h1-7H,(H,19,20)(H,21,22). The molecule has 0 saturated heterocycles. The number of halogens is 2. The lowest BCUT2D eigenvalue weighted by atomic mass is 10.1. The number of hydrogen-bond acceptors (Lipinski definition) is 2. The largest absolute Gasteiger partial charge is 0.478 e.